The second-order valence-electron chi connectivity index (χ2n) is 11.9. The quantitative estimate of drug-likeness (QED) is 0.431. The Morgan fingerprint density at radius 1 is 0.950 bits per heavy atom. The number of sulfonamides is 1. The third-order valence-electron chi connectivity index (χ3n) is 7.69. The summed E-state index contributed by atoms with van der Waals surface area (Å²) in [6, 6.07) is 20.6. The predicted octanol–water partition coefficient (Wildman–Crippen LogP) is 5.16. The van der Waals surface area contributed by atoms with Crippen molar-refractivity contribution in [1.82, 2.24) is 10.2 Å². The molecule has 2 heterocycles. The van der Waals surface area contributed by atoms with Crippen LogP contribution in [0.1, 0.15) is 55.9 Å². The summed E-state index contributed by atoms with van der Waals surface area (Å²) < 4.78 is 35.1. The number of amides is 1. The number of rotatable bonds is 7. The molecule has 0 radical (unpaired) electrons. The molecule has 212 valence electrons. The molecular weight excluding hydrogens is 522 g/mol. The van der Waals surface area contributed by atoms with Gasteiger partial charge >= 0.3 is 0 Å². The van der Waals surface area contributed by atoms with E-state index in [2.05, 4.69) is 43.1 Å². The van der Waals surface area contributed by atoms with Crippen LogP contribution in [-0.4, -0.2) is 45.0 Å². The molecule has 5 rings (SSSR count). The number of likely N-dealkylation sites (tertiary alicyclic amines) is 1. The van der Waals surface area contributed by atoms with Gasteiger partial charge < -0.3 is 10.1 Å². The van der Waals surface area contributed by atoms with Crippen molar-refractivity contribution in [1.29, 1.82) is 0 Å². The van der Waals surface area contributed by atoms with Crippen LogP contribution in [0, 0.1) is 6.92 Å². The number of ether oxygens (including phenoxy) is 1. The smallest absolute Gasteiger partial charge is 0.264 e. The van der Waals surface area contributed by atoms with Crippen molar-refractivity contribution in [2.75, 3.05) is 23.9 Å². The van der Waals surface area contributed by atoms with E-state index in [0.29, 0.717) is 18.0 Å². The van der Waals surface area contributed by atoms with Crippen molar-refractivity contribution in [3.05, 3.63) is 89.0 Å². The van der Waals surface area contributed by atoms with Crippen molar-refractivity contribution in [2.24, 2.45) is 0 Å². The van der Waals surface area contributed by atoms with Gasteiger partial charge in [0, 0.05) is 13.1 Å². The number of carbonyl (C=O) groups is 1. The first-order valence-electron chi connectivity index (χ1n) is 14.0. The fraction of sp³-hybridized carbons (Fsp3) is 0.406. The molecule has 1 atom stereocenters. The van der Waals surface area contributed by atoms with Crippen molar-refractivity contribution in [3.8, 4) is 5.75 Å². The van der Waals surface area contributed by atoms with Gasteiger partial charge in [0.05, 0.1) is 17.1 Å². The zero-order valence-electron chi connectivity index (χ0n) is 23.8. The van der Waals surface area contributed by atoms with E-state index in [9.17, 15) is 13.2 Å². The molecule has 3 aromatic rings. The lowest BCUT2D eigenvalue weighted by Gasteiger charge is -2.36. The average Bonchev–Trinajstić information content (AvgIpc) is 3.44. The van der Waals surface area contributed by atoms with Crippen LogP contribution in [0.3, 0.4) is 0 Å². The number of nitrogens with one attached hydrogen (secondary N) is 1. The molecule has 0 aliphatic carbocycles. The van der Waals surface area contributed by atoms with Gasteiger partial charge in [-0.25, -0.2) is 8.42 Å². The Morgan fingerprint density at radius 3 is 2.25 bits per heavy atom. The number of anilines is 1. The topological polar surface area (TPSA) is 79.0 Å². The molecular formula is C32H39N3O4S. The van der Waals surface area contributed by atoms with Crippen molar-refractivity contribution in [3.63, 3.8) is 0 Å². The van der Waals surface area contributed by atoms with Crippen molar-refractivity contribution in [2.45, 2.75) is 70.0 Å². The summed E-state index contributed by atoms with van der Waals surface area (Å²) in [5, 5.41) is 2.95. The molecule has 0 unspecified atom stereocenters. The normalized spacial score (nSPS) is 17.8. The third-order valence-corrected chi connectivity index (χ3v) is 9.48. The number of hydrogen-bond donors (Lipinski definition) is 1. The lowest BCUT2D eigenvalue weighted by molar-refractivity contribution is -0.127. The zero-order valence-corrected chi connectivity index (χ0v) is 24.6. The van der Waals surface area contributed by atoms with Crippen LogP contribution in [0.5, 0.6) is 5.75 Å². The number of hydrogen-bond acceptors (Lipinski definition) is 5. The number of aryl methyl sites for hydroxylation is 1. The molecule has 2 aliphatic rings. The minimum atomic E-state index is -3.93. The summed E-state index contributed by atoms with van der Waals surface area (Å²) in [7, 11) is -3.93. The Balaban J connectivity index is 1.34. The highest BCUT2D eigenvalue weighted by Gasteiger charge is 2.38. The summed E-state index contributed by atoms with van der Waals surface area (Å²) in [5.74, 6) is 0.0251. The Labute approximate surface area is 238 Å². The van der Waals surface area contributed by atoms with Gasteiger partial charge in [-0.3, -0.25) is 14.0 Å². The first-order chi connectivity index (χ1) is 19.0. The highest BCUT2D eigenvalue weighted by atomic mass is 32.2. The molecule has 1 fully saturated rings. The maximum atomic E-state index is 13.9. The molecule has 8 heteroatoms. The lowest BCUT2D eigenvalue weighted by Crippen LogP contribution is -2.50. The molecule has 7 nitrogen and oxygen atoms in total. The van der Waals surface area contributed by atoms with Gasteiger partial charge in [-0.1, -0.05) is 68.8 Å². The molecule has 0 bridgehead atoms. The van der Waals surface area contributed by atoms with Crippen LogP contribution in [0.25, 0.3) is 0 Å². The SMILES string of the molecule is Cc1ccc(S(=O)(=O)N2C[C@H](C(=O)NCc3ccc(CN4CCCC4)cc3)Oc3ccc(C(C)(C)C)cc32)cc1. The monoisotopic (exact) mass is 561 g/mol. The molecule has 0 aromatic heterocycles. The summed E-state index contributed by atoms with van der Waals surface area (Å²) in [6.07, 6.45) is 1.54. The van der Waals surface area contributed by atoms with Crippen LogP contribution in [0.2, 0.25) is 0 Å². The lowest BCUT2D eigenvalue weighted by atomic mass is 9.86. The molecule has 1 N–H and O–H groups in total. The Morgan fingerprint density at radius 2 is 1.60 bits per heavy atom. The second-order valence-corrected chi connectivity index (χ2v) is 13.8. The number of fused-ring (bicyclic) bond motifs is 1. The Hall–Kier alpha value is -3.36. The van der Waals surface area contributed by atoms with Crippen LogP contribution in [-0.2, 0) is 33.3 Å². The van der Waals surface area contributed by atoms with E-state index in [0.717, 1.165) is 36.3 Å². The molecule has 2 aliphatic heterocycles. The molecule has 40 heavy (non-hydrogen) atoms. The van der Waals surface area contributed by atoms with Gasteiger partial charge in [-0.2, -0.15) is 0 Å². The second kappa shape index (κ2) is 11.3. The summed E-state index contributed by atoms with van der Waals surface area (Å²) in [5.41, 5.74) is 4.45. The predicted molar refractivity (Wildman–Crippen MR) is 158 cm³/mol. The van der Waals surface area contributed by atoms with E-state index in [1.54, 1.807) is 30.3 Å². The number of benzene rings is 3. The number of nitrogens with zero attached hydrogens (tertiary/aromatic N) is 2. The highest BCUT2D eigenvalue weighted by Crippen LogP contribution is 2.40. The first-order valence-corrected chi connectivity index (χ1v) is 15.4. The molecule has 0 spiro atoms. The molecule has 0 saturated carbocycles. The maximum Gasteiger partial charge on any atom is 0.264 e. The fourth-order valence-corrected chi connectivity index (χ4v) is 6.65. The Kier molecular flexibility index (Phi) is 7.93. The van der Waals surface area contributed by atoms with E-state index < -0.39 is 16.1 Å². The molecule has 3 aromatic carbocycles. The van der Waals surface area contributed by atoms with E-state index >= 15 is 0 Å². The van der Waals surface area contributed by atoms with Gasteiger partial charge in [0.2, 0.25) is 0 Å². The van der Waals surface area contributed by atoms with Gasteiger partial charge in [0.25, 0.3) is 15.9 Å². The van der Waals surface area contributed by atoms with Gasteiger partial charge in [-0.15, -0.1) is 0 Å². The van der Waals surface area contributed by atoms with Crippen molar-refractivity contribution >= 4 is 21.6 Å². The maximum absolute atomic E-state index is 13.9. The van der Waals surface area contributed by atoms with Gasteiger partial charge in [0.1, 0.15) is 5.75 Å². The van der Waals surface area contributed by atoms with Gasteiger partial charge in [0.15, 0.2) is 6.10 Å². The van der Waals surface area contributed by atoms with E-state index in [4.69, 9.17) is 4.74 Å². The highest BCUT2D eigenvalue weighted by molar-refractivity contribution is 7.92. The molecule has 1 saturated heterocycles. The largest absolute Gasteiger partial charge is 0.476 e. The van der Waals surface area contributed by atoms with Crippen LogP contribution in [0.15, 0.2) is 71.6 Å². The van der Waals surface area contributed by atoms with Gasteiger partial charge in [-0.05, 0) is 79.2 Å². The van der Waals surface area contributed by atoms with E-state index in [1.165, 1.54) is 22.7 Å². The van der Waals surface area contributed by atoms with Crippen LogP contribution in [0.4, 0.5) is 5.69 Å². The van der Waals surface area contributed by atoms with E-state index in [1.807, 2.05) is 31.2 Å². The minimum Gasteiger partial charge on any atom is -0.476 e. The van der Waals surface area contributed by atoms with Crippen molar-refractivity contribution < 1.29 is 17.9 Å². The van der Waals surface area contributed by atoms with E-state index in [-0.39, 0.29) is 22.8 Å². The summed E-state index contributed by atoms with van der Waals surface area (Å²) >= 11 is 0. The fourth-order valence-electron chi connectivity index (χ4n) is 5.18. The van der Waals surface area contributed by atoms with Crippen LogP contribution < -0.4 is 14.4 Å². The molecule has 1 amide bonds. The zero-order chi connectivity index (χ0) is 28.5. The summed E-state index contributed by atoms with van der Waals surface area (Å²) in [6.45, 7) is 11.6. The summed E-state index contributed by atoms with van der Waals surface area (Å²) in [4.78, 5) is 15.9. The van der Waals surface area contributed by atoms with Crippen LogP contribution >= 0.6 is 0 Å². The first kappa shape index (κ1) is 28.2. The minimum absolute atomic E-state index is 0.114. The average molecular weight is 562 g/mol. The number of carbonyl (C=O) groups excluding carboxylic acids is 1. The third kappa shape index (κ3) is 6.18. The standard InChI is InChI=1S/C32H39N3O4S/c1-23-7-14-27(15-8-23)40(37,38)35-22-30(39-29-16-13-26(19-28(29)35)32(2,3)4)31(36)33-20-24-9-11-25(12-10-24)21-34-17-5-6-18-34/h7-16,19,30H,5-6,17-18,20-22H2,1-4H3,(H,33,36)/t30-/m1/s1. The Bertz CT molecular complexity index is 1460.